The van der Waals surface area contributed by atoms with Crippen LogP contribution in [-0.4, -0.2) is 28.8 Å². The van der Waals surface area contributed by atoms with Crippen LogP contribution in [0.1, 0.15) is 35.6 Å². The maximum Gasteiger partial charge on any atom is 0.234 e. The number of carbonyl (C=O) groups is 1. The van der Waals surface area contributed by atoms with Gasteiger partial charge in [-0.1, -0.05) is 29.8 Å². The van der Waals surface area contributed by atoms with E-state index < -0.39 is 0 Å². The summed E-state index contributed by atoms with van der Waals surface area (Å²) in [4.78, 5) is 12.2. The SMILES string of the molecule is Cc1ccc(C(NC(=O)CNCCn2cc(C)cn2)C2CC2)cc1. The van der Waals surface area contributed by atoms with Crippen LogP contribution in [0.4, 0.5) is 0 Å². The van der Waals surface area contributed by atoms with Crippen molar-refractivity contribution < 1.29 is 4.79 Å². The number of carbonyl (C=O) groups excluding carboxylic acids is 1. The van der Waals surface area contributed by atoms with Gasteiger partial charge in [-0.3, -0.25) is 9.48 Å². The molecule has 1 heterocycles. The Kier molecular flexibility index (Phi) is 5.30. The van der Waals surface area contributed by atoms with Gasteiger partial charge in [0.05, 0.1) is 25.3 Å². The Morgan fingerprint density at radius 2 is 2.00 bits per heavy atom. The number of nitrogens with zero attached hydrogens (tertiary/aromatic N) is 2. The molecule has 1 atom stereocenters. The molecule has 1 unspecified atom stereocenters. The van der Waals surface area contributed by atoms with Crippen LogP contribution in [0.5, 0.6) is 0 Å². The summed E-state index contributed by atoms with van der Waals surface area (Å²) >= 11 is 0. The quantitative estimate of drug-likeness (QED) is 0.732. The highest BCUT2D eigenvalue weighted by molar-refractivity contribution is 5.78. The molecule has 0 bridgehead atoms. The molecule has 3 rings (SSSR count). The molecule has 0 aliphatic heterocycles. The molecule has 128 valence electrons. The molecule has 0 radical (unpaired) electrons. The number of amides is 1. The predicted molar refractivity (Wildman–Crippen MR) is 94.6 cm³/mol. The number of benzene rings is 1. The molecular formula is C19H26N4O. The molecule has 24 heavy (non-hydrogen) atoms. The summed E-state index contributed by atoms with van der Waals surface area (Å²) in [6, 6.07) is 8.63. The van der Waals surface area contributed by atoms with Gasteiger partial charge in [-0.25, -0.2) is 0 Å². The second kappa shape index (κ2) is 7.62. The first-order chi connectivity index (χ1) is 11.6. The molecule has 1 aromatic heterocycles. The molecule has 1 saturated carbocycles. The molecule has 1 aliphatic rings. The van der Waals surface area contributed by atoms with Crippen molar-refractivity contribution in [2.45, 2.75) is 39.3 Å². The number of hydrogen-bond donors (Lipinski definition) is 2. The normalized spacial score (nSPS) is 15.2. The fraction of sp³-hybridized carbons (Fsp3) is 0.474. The number of rotatable bonds is 8. The fourth-order valence-corrected chi connectivity index (χ4v) is 2.89. The molecule has 2 N–H and O–H groups in total. The number of aromatic nitrogens is 2. The second-order valence-electron chi connectivity index (χ2n) is 6.75. The van der Waals surface area contributed by atoms with Gasteiger partial charge >= 0.3 is 0 Å². The third-order valence-corrected chi connectivity index (χ3v) is 4.41. The highest BCUT2D eigenvalue weighted by Gasteiger charge is 2.33. The van der Waals surface area contributed by atoms with Crippen molar-refractivity contribution in [3.8, 4) is 0 Å². The van der Waals surface area contributed by atoms with Gasteiger partial charge in [0.2, 0.25) is 5.91 Å². The van der Waals surface area contributed by atoms with E-state index in [0.717, 1.165) is 18.7 Å². The molecule has 1 aromatic carbocycles. The summed E-state index contributed by atoms with van der Waals surface area (Å²) in [5, 5.41) is 10.6. The zero-order valence-corrected chi connectivity index (χ0v) is 14.5. The monoisotopic (exact) mass is 326 g/mol. The van der Waals surface area contributed by atoms with E-state index in [9.17, 15) is 4.79 Å². The van der Waals surface area contributed by atoms with Gasteiger partial charge in [-0.05, 0) is 43.7 Å². The Hall–Kier alpha value is -2.14. The first-order valence-electron chi connectivity index (χ1n) is 8.67. The van der Waals surface area contributed by atoms with Crippen molar-refractivity contribution >= 4 is 5.91 Å². The van der Waals surface area contributed by atoms with E-state index in [2.05, 4.69) is 46.9 Å². The molecule has 5 heteroatoms. The van der Waals surface area contributed by atoms with Crippen LogP contribution >= 0.6 is 0 Å². The summed E-state index contributed by atoms with van der Waals surface area (Å²) in [5.74, 6) is 0.646. The van der Waals surface area contributed by atoms with Crippen LogP contribution in [0, 0.1) is 19.8 Å². The largest absolute Gasteiger partial charge is 0.348 e. The van der Waals surface area contributed by atoms with Crippen molar-refractivity contribution in [2.24, 2.45) is 5.92 Å². The van der Waals surface area contributed by atoms with Gasteiger partial charge < -0.3 is 10.6 Å². The Morgan fingerprint density at radius 3 is 2.62 bits per heavy atom. The van der Waals surface area contributed by atoms with E-state index in [-0.39, 0.29) is 11.9 Å². The van der Waals surface area contributed by atoms with E-state index in [1.54, 1.807) is 0 Å². The van der Waals surface area contributed by atoms with Crippen LogP contribution in [0.15, 0.2) is 36.7 Å². The molecule has 2 aromatic rings. The lowest BCUT2D eigenvalue weighted by atomic mass is 10.0. The summed E-state index contributed by atoms with van der Waals surface area (Å²) in [6.07, 6.45) is 6.24. The molecule has 1 aliphatic carbocycles. The van der Waals surface area contributed by atoms with Gasteiger partial charge in [0, 0.05) is 12.7 Å². The lowest BCUT2D eigenvalue weighted by Crippen LogP contribution is -2.38. The van der Waals surface area contributed by atoms with Gasteiger partial charge in [0.25, 0.3) is 0 Å². The standard InChI is InChI=1S/C19H26N4O/c1-14-3-5-16(6-4-14)19(17-7-8-17)22-18(24)12-20-9-10-23-13-15(2)11-21-23/h3-6,11,13,17,19-20H,7-10,12H2,1-2H3,(H,22,24). The average Bonchev–Trinajstić information content (AvgIpc) is 3.32. The smallest absolute Gasteiger partial charge is 0.234 e. The second-order valence-corrected chi connectivity index (χ2v) is 6.75. The summed E-state index contributed by atoms with van der Waals surface area (Å²) in [6.45, 7) is 5.95. The van der Waals surface area contributed by atoms with Crippen molar-refractivity contribution in [1.82, 2.24) is 20.4 Å². The lowest BCUT2D eigenvalue weighted by molar-refractivity contribution is -0.121. The molecular weight excluding hydrogens is 300 g/mol. The van der Waals surface area contributed by atoms with Crippen molar-refractivity contribution in [3.63, 3.8) is 0 Å². The highest BCUT2D eigenvalue weighted by atomic mass is 16.2. The van der Waals surface area contributed by atoms with Crippen LogP contribution in [0.2, 0.25) is 0 Å². The Bertz CT molecular complexity index is 673. The zero-order chi connectivity index (χ0) is 16.9. The molecule has 1 amide bonds. The third-order valence-electron chi connectivity index (χ3n) is 4.41. The number of nitrogens with one attached hydrogen (secondary N) is 2. The topological polar surface area (TPSA) is 59.0 Å². The van der Waals surface area contributed by atoms with Gasteiger partial charge in [0.15, 0.2) is 0 Å². The fourth-order valence-electron chi connectivity index (χ4n) is 2.89. The lowest BCUT2D eigenvalue weighted by Gasteiger charge is -2.19. The zero-order valence-electron chi connectivity index (χ0n) is 14.5. The number of hydrogen-bond acceptors (Lipinski definition) is 3. The van der Waals surface area contributed by atoms with Crippen LogP contribution in [-0.2, 0) is 11.3 Å². The van der Waals surface area contributed by atoms with Crippen LogP contribution < -0.4 is 10.6 Å². The predicted octanol–water partition coefficient (Wildman–Crippen LogP) is 2.36. The van der Waals surface area contributed by atoms with Gasteiger partial charge in [0.1, 0.15) is 0 Å². The van der Waals surface area contributed by atoms with Crippen molar-refractivity contribution in [3.05, 3.63) is 53.3 Å². The molecule has 0 saturated heterocycles. The Labute approximate surface area is 143 Å². The van der Waals surface area contributed by atoms with Crippen LogP contribution in [0.3, 0.4) is 0 Å². The molecule has 0 spiro atoms. The van der Waals surface area contributed by atoms with Gasteiger partial charge in [-0.15, -0.1) is 0 Å². The third kappa shape index (κ3) is 4.68. The molecule has 5 nitrogen and oxygen atoms in total. The minimum absolute atomic E-state index is 0.0594. The highest BCUT2D eigenvalue weighted by Crippen LogP contribution is 2.40. The molecule has 1 fully saturated rings. The maximum absolute atomic E-state index is 12.2. The first-order valence-corrected chi connectivity index (χ1v) is 8.67. The summed E-state index contributed by atoms with van der Waals surface area (Å²) in [7, 11) is 0. The van der Waals surface area contributed by atoms with Gasteiger partial charge in [-0.2, -0.15) is 5.10 Å². The average molecular weight is 326 g/mol. The Balaban J connectivity index is 1.45. The minimum Gasteiger partial charge on any atom is -0.348 e. The summed E-state index contributed by atoms with van der Waals surface area (Å²) in [5.41, 5.74) is 3.61. The number of aryl methyl sites for hydroxylation is 2. The maximum atomic E-state index is 12.2. The van der Waals surface area contributed by atoms with E-state index in [0.29, 0.717) is 12.5 Å². The van der Waals surface area contributed by atoms with E-state index in [1.807, 2.05) is 24.0 Å². The first kappa shape index (κ1) is 16.7. The van der Waals surface area contributed by atoms with Crippen molar-refractivity contribution in [1.29, 1.82) is 0 Å². The Morgan fingerprint density at radius 1 is 1.25 bits per heavy atom. The van der Waals surface area contributed by atoms with E-state index in [4.69, 9.17) is 0 Å². The summed E-state index contributed by atoms with van der Waals surface area (Å²) < 4.78 is 1.89. The van der Waals surface area contributed by atoms with E-state index in [1.165, 1.54) is 24.0 Å². The van der Waals surface area contributed by atoms with E-state index >= 15 is 0 Å². The van der Waals surface area contributed by atoms with Crippen LogP contribution in [0.25, 0.3) is 0 Å². The van der Waals surface area contributed by atoms with Crippen molar-refractivity contribution in [2.75, 3.05) is 13.1 Å². The minimum atomic E-state index is 0.0594.